The van der Waals surface area contributed by atoms with Crippen LogP contribution in [0.1, 0.15) is 45.9 Å². The number of morpholine rings is 1. The molecule has 0 saturated carbocycles. The van der Waals surface area contributed by atoms with Gasteiger partial charge in [-0.2, -0.15) is 0 Å². The number of ether oxygens (including phenoxy) is 1. The number of aromatic nitrogens is 4. The highest BCUT2D eigenvalue weighted by atomic mass is 16.5. The van der Waals surface area contributed by atoms with Crippen LogP contribution in [-0.4, -0.2) is 56.2 Å². The fourth-order valence-electron chi connectivity index (χ4n) is 3.68. The first-order chi connectivity index (χ1) is 13.9. The molecule has 0 aromatic carbocycles. The first kappa shape index (κ1) is 21.3. The minimum Gasteiger partial charge on any atom is -0.378 e. The molecule has 0 spiro atoms. The van der Waals surface area contributed by atoms with Crippen LogP contribution in [-0.2, 0) is 29.0 Å². The first-order valence-electron chi connectivity index (χ1n) is 10.5. The van der Waals surface area contributed by atoms with E-state index in [4.69, 9.17) is 4.74 Å². The van der Waals surface area contributed by atoms with E-state index < -0.39 is 11.2 Å². The number of imidazole rings is 1. The zero-order chi connectivity index (χ0) is 21.0. The second-order valence-corrected chi connectivity index (χ2v) is 7.96. The molecule has 0 aliphatic carbocycles. The zero-order valence-electron chi connectivity index (χ0n) is 17.6. The van der Waals surface area contributed by atoms with Crippen LogP contribution in [0.3, 0.4) is 0 Å². The lowest BCUT2D eigenvalue weighted by Crippen LogP contribution is -2.40. The number of aryl methyl sites for hydroxylation is 2. The minimum absolute atomic E-state index is 0.0636. The van der Waals surface area contributed by atoms with Gasteiger partial charge in [0.15, 0.2) is 11.2 Å². The van der Waals surface area contributed by atoms with Gasteiger partial charge in [0.25, 0.3) is 5.56 Å². The molecule has 29 heavy (non-hydrogen) atoms. The Kier molecular flexibility index (Phi) is 6.89. The van der Waals surface area contributed by atoms with Crippen LogP contribution in [0.2, 0.25) is 0 Å². The van der Waals surface area contributed by atoms with Crippen molar-refractivity contribution in [3.63, 3.8) is 0 Å². The summed E-state index contributed by atoms with van der Waals surface area (Å²) in [4.78, 5) is 46.4. The van der Waals surface area contributed by atoms with Gasteiger partial charge in [0.1, 0.15) is 5.82 Å². The molecule has 3 heterocycles. The van der Waals surface area contributed by atoms with E-state index in [0.29, 0.717) is 69.2 Å². The summed E-state index contributed by atoms with van der Waals surface area (Å²) in [7, 11) is 0. The van der Waals surface area contributed by atoms with E-state index in [1.807, 2.05) is 16.4 Å². The van der Waals surface area contributed by atoms with Crippen molar-refractivity contribution in [2.45, 2.75) is 59.5 Å². The molecule has 1 aliphatic rings. The van der Waals surface area contributed by atoms with E-state index in [1.54, 1.807) is 4.57 Å². The van der Waals surface area contributed by atoms with Crippen molar-refractivity contribution in [2.24, 2.45) is 5.92 Å². The Bertz CT molecular complexity index is 966. The summed E-state index contributed by atoms with van der Waals surface area (Å²) in [6.07, 6.45) is 2.50. The minimum atomic E-state index is -0.430. The van der Waals surface area contributed by atoms with Gasteiger partial charge < -0.3 is 14.2 Å². The molecular formula is C20H31N5O4. The number of hydrogen-bond donors (Lipinski definition) is 1. The van der Waals surface area contributed by atoms with Crippen molar-refractivity contribution in [1.82, 2.24) is 24.0 Å². The Morgan fingerprint density at radius 2 is 1.93 bits per heavy atom. The third-order valence-electron chi connectivity index (χ3n) is 5.17. The van der Waals surface area contributed by atoms with Gasteiger partial charge in [0.05, 0.1) is 13.2 Å². The molecule has 1 saturated heterocycles. The molecule has 1 amide bonds. The number of fused-ring (bicyclic) bond motifs is 1. The van der Waals surface area contributed by atoms with Crippen LogP contribution in [0.15, 0.2) is 9.59 Å². The quantitative estimate of drug-likeness (QED) is 0.709. The SMILES string of the molecule is CCCCn1c(=O)[nH]c(=O)c2c1nc(CCC(=O)N1CCOCC1)n2CC(C)C. The number of amides is 1. The van der Waals surface area contributed by atoms with E-state index in [9.17, 15) is 14.4 Å². The van der Waals surface area contributed by atoms with Crippen molar-refractivity contribution in [3.05, 3.63) is 26.7 Å². The van der Waals surface area contributed by atoms with Crippen LogP contribution in [0.25, 0.3) is 11.2 Å². The number of nitrogens with zero attached hydrogens (tertiary/aromatic N) is 4. The predicted octanol–water partition coefficient (Wildman–Crippen LogP) is 1.13. The van der Waals surface area contributed by atoms with Gasteiger partial charge in [-0.25, -0.2) is 9.78 Å². The number of carbonyl (C=O) groups excluding carboxylic acids is 1. The third kappa shape index (κ3) is 4.77. The molecule has 0 atom stereocenters. The maximum absolute atomic E-state index is 12.6. The lowest BCUT2D eigenvalue weighted by molar-refractivity contribution is -0.135. The molecule has 1 N–H and O–H groups in total. The Labute approximate surface area is 169 Å². The smallest absolute Gasteiger partial charge is 0.330 e. The molecule has 0 unspecified atom stereocenters. The number of aromatic amines is 1. The van der Waals surface area contributed by atoms with E-state index in [0.717, 1.165) is 12.8 Å². The Balaban J connectivity index is 1.96. The lowest BCUT2D eigenvalue weighted by Gasteiger charge is -2.26. The third-order valence-corrected chi connectivity index (χ3v) is 5.17. The first-order valence-corrected chi connectivity index (χ1v) is 10.5. The maximum atomic E-state index is 12.6. The Morgan fingerprint density at radius 1 is 1.21 bits per heavy atom. The molecule has 3 rings (SSSR count). The van der Waals surface area contributed by atoms with Crippen molar-refractivity contribution in [2.75, 3.05) is 26.3 Å². The predicted molar refractivity (Wildman–Crippen MR) is 110 cm³/mol. The monoisotopic (exact) mass is 405 g/mol. The lowest BCUT2D eigenvalue weighted by atomic mass is 10.2. The summed E-state index contributed by atoms with van der Waals surface area (Å²) >= 11 is 0. The normalized spacial score (nSPS) is 14.8. The number of hydrogen-bond acceptors (Lipinski definition) is 5. The highest BCUT2D eigenvalue weighted by Crippen LogP contribution is 2.16. The molecule has 2 aromatic rings. The summed E-state index contributed by atoms with van der Waals surface area (Å²) in [5, 5.41) is 0. The molecule has 1 fully saturated rings. The average Bonchev–Trinajstić information content (AvgIpc) is 3.04. The number of nitrogens with one attached hydrogen (secondary N) is 1. The largest absolute Gasteiger partial charge is 0.378 e. The summed E-state index contributed by atoms with van der Waals surface area (Å²) in [5.41, 5.74) is -0.0114. The number of unbranched alkanes of at least 4 members (excludes halogenated alkanes) is 1. The van der Waals surface area contributed by atoms with E-state index in [1.165, 1.54) is 0 Å². The van der Waals surface area contributed by atoms with E-state index in [-0.39, 0.29) is 11.8 Å². The van der Waals surface area contributed by atoms with Gasteiger partial charge >= 0.3 is 5.69 Å². The van der Waals surface area contributed by atoms with Crippen LogP contribution in [0.5, 0.6) is 0 Å². The van der Waals surface area contributed by atoms with Crippen molar-refractivity contribution >= 4 is 17.1 Å². The number of H-pyrrole nitrogens is 1. The van der Waals surface area contributed by atoms with E-state index in [2.05, 4.69) is 23.8 Å². The fourth-order valence-corrected chi connectivity index (χ4v) is 3.68. The molecule has 2 aromatic heterocycles. The van der Waals surface area contributed by atoms with Gasteiger partial charge in [0.2, 0.25) is 5.91 Å². The van der Waals surface area contributed by atoms with Gasteiger partial charge in [0, 0.05) is 39.0 Å². The van der Waals surface area contributed by atoms with Gasteiger partial charge in [-0.3, -0.25) is 19.1 Å². The van der Waals surface area contributed by atoms with Crippen molar-refractivity contribution in [3.8, 4) is 0 Å². The topological polar surface area (TPSA) is 102 Å². The Hall–Kier alpha value is -2.42. The average molecular weight is 405 g/mol. The van der Waals surface area contributed by atoms with Crippen LogP contribution in [0.4, 0.5) is 0 Å². The standard InChI is InChI=1S/C20H31N5O4/c1-4-5-8-24-18-17(19(27)22-20(24)28)25(13-14(2)3)15(21-18)6-7-16(26)23-9-11-29-12-10-23/h14H,4-13H2,1-3H3,(H,22,27,28). The highest BCUT2D eigenvalue weighted by molar-refractivity contribution is 5.77. The van der Waals surface area contributed by atoms with Gasteiger partial charge in [-0.15, -0.1) is 0 Å². The van der Waals surface area contributed by atoms with Gasteiger partial charge in [-0.1, -0.05) is 27.2 Å². The molecule has 1 aliphatic heterocycles. The van der Waals surface area contributed by atoms with Crippen LogP contribution >= 0.6 is 0 Å². The van der Waals surface area contributed by atoms with Crippen LogP contribution in [0, 0.1) is 5.92 Å². The molecule has 0 bridgehead atoms. The Morgan fingerprint density at radius 3 is 2.59 bits per heavy atom. The molecule has 0 radical (unpaired) electrons. The summed E-state index contributed by atoms with van der Waals surface area (Å²) in [6.45, 7) is 9.64. The summed E-state index contributed by atoms with van der Waals surface area (Å²) in [5.74, 6) is 1.03. The number of carbonyl (C=O) groups is 1. The van der Waals surface area contributed by atoms with Crippen molar-refractivity contribution in [1.29, 1.82) is 0 Å². The zero-order valence-corrected chi connectivity index (χ0v) is 17.6. The maximum Gasteiger partial charge on any atom is 0.330 e. The molecule has 9 nitrogen and oxygen atoms in total. The van der Waals surface area contributed by atoms with E-state index >= 15 is 0 Å². The second kappa shape index (κ2) is 9.39. The molecular weight excluding hydrogens is 374 g/mol. The molecule has 9 heteroatoms. The fraction of sp³-hybridized carbons (Fsp3) is 0.700. The second-order valence-electron chi connectivity index (χ2n) is 7.96. The highest BCUT2D eigenvalue weighted by Gasteiger charge is 2.21. The summed E-state index contributed by atoms with van der Waals surface area (Å²) in [6, 6.07) is 0. The van der Waals surface area contributed by atoms with Crippen molar-refractivity contribution < 1.29 is 9.53 Å². The van der Waals surface area contributed by atoms with Gasteiger partial charge in [-0.05, 0) is 12.3 Å². The summed E-state index contributed by atoms with van der Waals surface area (Å²) < 4.78 is 8.73. The van der Waals surface area contributed by atoms with Crippen LogP contribution < -0.4 is 11.2 Å². The molecule has 160 valence electrons. The number of rotatable bonds is 8.